The first-order valence-corrected chi connectivity index (χ1v) is 7.27. The number of amides is 2. The SMILES string of the molecule is CCN(CC(C)(C)O)C(=O)Nc1cc(Cl)ccc1N(C)C. The predicted molar refractivity (Wildman–Crippen MR) is 88.3 cm³/mol. The van der Waals surface area contributed by atoms with E-state index in [2.05, 4.69) is 5.32 Å². The first kappa shape index (κ1) is 17.6. The maximum atomic E-state index is 12.3. The maximum absolute atomic E-state index is 12.3. The Hall–Kier alpha value is -1.46. The third-order valence-electron chi connectivity index (χ3n) is 2.93. The number of carbonyl (C=O) groups excluding carboxylic acids is 1. The van der Waals surface area contributed by atoms with Crippen LogP contribution in [0, 0.1) is 0 Å². The summed E-state index contributed by atoms with van der Waals surface area (Å²) >= 11 is 6.00. The predicted octanol–water partition coefficient (Wildman–Crippen LogP) is 3.03. The molecule has 0 fully saturated rings. The second-order valence-corrected chi connectivity index (χ2v) is 6.25. The van der Waals surface area contributed by atoms with Gasteiger partial charge in [0.1, 0.15) is 0 Å². The number of hydrogen-bond donors (Lipinski definition) is 2. The molecule has 1 rings (SSSR count). The van der Waals surface area contributed by atoms with E-state index in [1.807, 2.05) is 32.0 Å². The topological polar surface area (TPSA) is 55.8 Å². The van der Waals surface area contributed by atoms with Gasteiger partial charge in [-0.2, -0.15) is 0 Å². The third-order valence-corrected chi connectivity index (χ3v) is 3.16. The van der Waals surface area contributed by atoms with Crippen molar-refractivity contribution in [3.63, 3.8) is 0 Å². The van der Waals surface area contributed by atoms with Gasteiger partial charge in [-0.15, -0.1) is 0 Å². The smallest absolute Gasteiger partial charge is 0.321 e. The Kier molecular flexibility index (Phi) is 5.87. The van der Waals surface area contributed by atoms with Crippen LogP contribution in [0.2, 0.25) is 5.02 Å². The summed E-state index contributed by atoms with van der Waals surface area (Å²) in [5, 5.41) is 13.3. The first-order chi connectivity index (χ1) is 9.64. The quantitative estimate of drug-likeness (QED) is 0.878. The van der Waals surface area contributed by atoms with Crippen molar-refractivity contribution in [1.29, 1.82) is 0 Å². The Morgan fingerprint density at radius 3 is 2.48 bits per heavy atom. The zero-order valence-electron chi connectivity index (χ0n) is 13.3. The van der Waals surface area contributed by atoms with Crippen molar-refractivity contribution < 1.29 is 9.90 Å². The fourth-order valence-corrected chi connectivity index (χ4v) is 2.16. The molecule has 0 saturated heterocycles. The Bertz CT molecular complexity index is 498. The molecule has 21 heavy (non-hydrogen) atoms. The molecule has 0 saturated carbocycles. The van der Waals surface area contributed by atoms with E-state index in [4.69, 9.17) is 11.6 Å². The number of likely N-dealkylation sites (N-methyl/N-ethyl adjacent to an activating group) is 1. The van der Waals surface area contributed by atoms with E-state index in [1.54, 1.807) is 30.9 Å². The van der Waals surface area contributed by atoms with Gasteiger partial charge in [0.05, 0.1) is 23.5 Å². The Morgan fingerprint density at radius 1 is 1.38 bits per heavy atom. The van der Waals surface area contributed by atoms with Crippen LogP contribution in [-0.4, -0.2) is 48.8 Å². The summed E-state index contributed by atoms with van der Waals surface area (Å²) in [5.74, 6) is 0. The molecular weight excluding hydrogens is 290 g/mol. The molecule has 2 N–H and O–H groups in total. The normalized spacial score (nSPS) is 11.2. The van der Waals surface area contributed by atoms with Gasteiger partial charge < -0.3 is 20.2 Å². The van der Waals surface area contributed by atoms with Crippen LogP contribution >= 0.6 is 11.6 Å². The lowest BCUT2D eigenvalue weighted by Crippen LogP contribution is -2.44. The number of nitrogens with zero attached hydrogens (tertiary/aromatic N) is 2. The summed E-state index contributed by atoms with van der Waals surface area (Å²) in [6.07, 6.45) is 0. The van der Waals surface area contributed by atoms with Crippen LogP contribution in [0.4, 0.5) is 16.2 Å². The average molecular weight is 314 g/mol. The molecule has 118 valence electrons. The first-order valence-electron chi connectivity index (χ1n) is 6.89. The molecule has 1 aromatic carbocycles. The van der Waals surface area contributed by atoms with Crippen molar-refractivity contribution in [3.05, 3.63) is 23.2 Å². The highest BCUT2D eigenvalue weighted by atomic mass is 35.5. The van der Waals surface area contributed by atoms with E-state index in [1.165, 1.54) is 0 Å². The molecule has 1 aromatic rings. The molecule has 0 radical (unpaired) electrons. The second kappa shape index (κ2) is 7.00. The van der Waals surface area contributed by atoms with Crippen LogP contribution in [0.15, 0.2) is 18.2 Å². The van der Waals surface area contributed by atoms with Gasteiger partial charge in [-0.3, -0.25) is 0 Å². The minimum absolute atomic E-state index is 0.257. The number of hydrogen-bond acceptors (Lipinski definition) is 3. The van der Waals surface area contributed by atoms with E-state index >= 15 is 0 Å². The zero-order valence-corrected chi connectivity index (χ0v) is 14.0. The number of anilines is 2. The zero-order chi connectivity index (χ0) is 16.2. The van der Waals surface area contributed by atoms with Gasteiger partial charge in [-0.25, -0.2) is 4.79 Å². The van der Waals surface area contributed by atoms with E-state index in [0.29, 0.717) is 17.3 Å². The minimum atomic E-state index is -0.938. The molecule has 0 atom stereocenters. The molecule has 2 amide bonds. The molecule has 0 aliphatic carbocycles. The lowest BCUT2D eigenvalue weighted by Gasteiger charge is -2.29. The second-order valence-electron chi connectivity index (χ2n) is 5.81. The molecule has 0 aliphatic heterocycles. The van der Waals surface area contributed by atoms with Crippen LogP contribution in [0.5, 0.6) is 0 Å². The lowest BCUT2D eigenvalue weighted by atomic mass is 10.1. The van der Waals surface area contributed by atoms with Crippen LogP contribution in [-0.2, 0) is 0 Å². The molecule has 6 heteroatoms. The number of benzene rings is 1. The summed E-state index contributed by atoms with van der Waals surface area (Å²) in [6, 6.07) is 5.09. The number of rotatable bonds is 5. The molecule has 0 bridgehead atoms. The van der Waals surface area contributed by atoms with Crippen LogP contribution in [0.25, 0.3) is 0 Å². The number of aliphatic hydroxyl groups is 1. The van der Waals surface area contributed by atoms with Gasteiger partial charge in [0.2, 0.25) is 0 Å². The van der Waals surface area contributed by atoms with E-state index < -0.39 is 5.60 Å². The monoisotopic (exact) mass is 313 g/mol. The van der Waals surface area contributed by atoms with Crippen molar-refractivity contribution in [2.45, 2.75) is 26.4 Å². The summed E-state index contributed by atoms with van der Waals surface area (Å²) < 4.78 is 0. The molecule has 0 heterocycles. The lowest BCUT2D eigenvalue weighted by molar-refractivity contribution is 0.0501. The fraction of sp³-hybridized carbons (Fsp3) is 0.533. The number of nitrogens with one attached hydrogen (secondary N) is 1. The average Bonchev–Trinajstić information content (AvgIpc) is 2.34. The van der Waals surface area contributed by atoms with Gasteiger partial charge >= 0.3 is 6.03 Å². The highest BCUT2D eigenvalue weighted by Crippen LogP contribution is 2.28. The van der Waals surface area contributed by atoms with Crippen molar-refractivity contribution in [2.75, 3.05) is 37.4 Å². The molecule has 5 nitrogen and oxygen atoms in total. The van der Waals surface area contributed by atoms with Gasteiger partial charge in [0, 0.05) is 25.7 Å². The molecule has 0 aromatic heterocycles. The van der Waals surface area contributed by atoms with E-state index in [9.17, 15) is 9.90 Å². The van der Waals surface area contributed by atoms with Gasteiger partial charge in [0.15, 0.2) is 0 Å². The van der Waals surface area contributed by atoms with Crippen LogP contribution < -0.4 is 10.2 Å². The fourth-order valence-electron chi connectivity index (χ4n) is 1.99. The standard InChI is InChI=1S/C15H24ClN3O2/c1-6-19(10-15(2,3)21)14(20)17-12-9-11(16)7-8-13(12)18(4)5/h7-9,21H,6,10H2,1-5H3,(H,17,20). The Morgan fingerprint density at radius 2 is 2.00 bits per heavy atom. The minimum Gasteiger partial charge on any atom is -0.389 e. The number of urea groups is 1. The highest BCUT2D eigenvalue weighted by Gasteiger charge is 2.22. The van der Waals surface area contributed by atoms with Gasteiger partial charge in [-0.1, -0.05) is 11.6 Å². The van der Waals surface area contributed by atoms with Crippen LogP contribution in [0.3, 0.4) is 0 Å². The Labute approximate surface area is 131 Å². The van der Waals surface area contributed by atoms with Gasteiger partial charge in [0.25, 0.3) is 0 Å². The van der Waals surface area contributed by atoms with Crippen molar-refractivity contribution in [1.82, 2.24) is 4.90 Å². The summed E-state index contributed by atoms with van der Waals surface area (Å²) in [7, 11) is 3.79. The largest absolute Gasteiger partial charge is 0.389 e. The van der Waals surface area contributed by atoms with E-state index in [-0.39, 0.29) is 12.6 Å². The van der Waals surface area contributed by atoms with Crippen molar-refractivity contribution >= 4 is 29.0 Å². The summed E-state index contributed by atoms with van der Waals surface area (Å²) in [5.41, 5.74) is 0.574. The number of carbonyl (C=O) groups is 1. The summed E-state index contributed by atoms with van der Waals surface area (Å²) in [4.78, 5) is 15.8. The molecule has 0 aliphatic rings. The molecular formula is C15H24ClN3O2. The van der Waals surface area contributed by atoms with E-state index in [0.717, 1.165) is 5.69 Å². The Balaban J connectivity index is 2.93. The third kappa shape index (κ3) is 5.44. The number of halogens is 1. The van der Waals surface area contributed by atoms with Gasteiger partial charge in [-0.05, 0) is 39.0 Å². The maximum Gasteiger partial charge on any atom is 0.321 e. The van der Waals surface area contributed by atoms with Crippen molar-refractivity contribution in [2.24, 2.45) is 0 Å². The molecule has 0 unspecified atom stereocenters. The van der Waals surface area contributed by atoms with Crippen molar-refractivity contribution in [3.8, 4) is 0 Å². The van der Waals surface area contributed by atoms with Crippen LogP contribution in [0.1, 0.15) is 20.8 Å². The highest BCUT2D eigenvalue weighted by molar-refractivity contribution is 6.31. The summed E-state index contributed by atoms with van der Waals surface area (Å²) in [6.45, 7) is 5.98. The molecule has 0 spiro atoms.